The van der Waals surface area contributed by atoms with E-state index in [2.05, 4.69) is 5.32 Å². The second kappa shape index (κ2) is 9.32. The number of hydrogen-bond donors (Lipinski definition) is 1. The number of halogens is 2. The number of benzene rings is 2. The molecule has 0 radical (unpaired) electrons. The first kappa shape index (κ1) is 18.3. The Morgan fingerprint density at radius 2 is 1.92 bits per heavy atom. The van der Waals surface area contributed by atoms with Gasteiger partial charge in [-0.05, 0) is 30.2 Å². The van der Waals surface area contributed by atoms with Crippen molar-refractivity contribution in [1.29, 1.82) is 0 Å². The number of ether oxygens (including phenoxy) is 1. The summed E-state index contributed by atoms with van der Waals surface area (Å²) in [5.41, 5.74) is 1.07. The van der Waals surface area contributed by atoms with Gasteiger partial charge in [0.2, 0.25) is 5.91 Å². The topological polar surface area (TPSA) is 55.4 Å². The third-order valence-corrected chi connectivity index (χ3v) is 3.41. The van der Waals surface area contributed by atoms with Crippen LogP contribution >= 0.6 is 0 Å². The fourth-order valence-corrected chi connectivity index (χ4v) is 2.26. The molecule has 0 aliphatic carbocycles. The summed E-state index contributed by atoms with van der Waals surface area (Å²) in [7, 11) is 0. The number of carbonyl (C=O) groups excluding carboxylic acids is 2. The molecule has 0 unspecified atom stereocenters. The molecule has 1 amide bonds. The third-order valence-electron chi connectivity index (χ3n) is 3.41. The van der Waals surface area contributed by atoms with Gasteiger partial charge in [-0.15, -0.1) is 0 Å². The Labute approximate surface area is 144 Å². The van der Waals surface area contributed by atoms with Gasteiger partial charge in [0, 0.05) is 17.7 Å². The average Bonchev–Trinajstić information content (AvgIpc) is 2.60. The Hall–Kier alpha value is -3.02. The number of carbonyl (C=O) groups is 2. The van der Waals surface area contributed by atoms with Crippen LogP contribution in [0.2, 0.25) is 0 Å². The molecule has 2 rings (SSSR count). The van der Waals surface area contributed by atoms with Crippen LogP contribution in [0.3, 0.4) is 0 Å². The fraction of sp³-hybridized carbons (Fsp3) is 0.158. The molecule has 4 nitrogen and oxygen atoms in total. The minimum Gasteiger partial charge on any atom is -0.466 e. The number of amides is 1. The summed E-state index contributed by atoms with van der Waals surface area (Å²) in [6, 6.07) is 12.1. The van der Waals surface area contributed by atoms with E-state index in [4.69, 9.17) is 4.74 Å². The Morgan fingerprint density at radius 1 is 1.16 bits per heavy atom. The van der Waals surface area contributed by atoms with Gasteiger partial charge in [0.15, 0.2) is 0 Å². The van der Waals surface area contributed by atoms with E-state index in [1.807, 2.05) is 30.3 Å². The summed E-state index contributed by atoms with van der Waals surface area (Å²) in [6.45, 7) is 0.330. The van der Waals surface area contributed by atoms with Crippen molar-refractivity contribution < 1.29 is 23.1 Å². The smallest absolute Gasteiger partial charge is 0.293 e. The molecule has 0 saturated carbocycles. The van der Waals surface area contributed by atoms with Crippen LogP contribution in [0.15, 0.2) is 54.6 Å². The molecule has 0 saturated heterocycles. The maximum Gasteiger partial charge on any atom is 0.293 e. The molecule has 0 aliphatic rings. The molecule has 0 bridgehead atoms. The van der Waals surface area contributed by atoms with Crippen molar-refractivity contribution in [2.75, 3.05) is 6.61 Å². The van der Waals surface area contributed by atoms with E-state index in [-0.39, 0.29) is 12.2 Å². The number of nitrogens with one attached hydrogen (secondary N) is 1. The van der Waals surface area contributed by atoms with Gasteiger partial charge in [-0.3, -0.25) is 9.59 Å². The lowest BCUT2D eigenvalue weighted by molar-refractivity contribution is -0.130. The minimum absolute atomic E-state index is 0.0167. The fourth-order valence-electron chi connectivity index (χ4n) is 2.26. The van der Waals surface area contributed by atoms with Crippen LogP contribution in [0.4, 0.5) is 8.78 Å². The lowest BCUT2D eigenvalue weighted by Gasteiger charge is -2.16. The predicted molar refractivity (Wildman–Crippen MR) is 89.5 cm³/mol. The van der Waals surface area contributed by atoms with E-state index < -0.39 is 23.6 Å². The van der Waals surface area contributed by atoms with Crippen LogP contribution in [-0.4, -0.2) is 25.0 Å². The molecule has 0 aliphatic heterocycles. The van der Waals surface area contributed by atoms with Crippen LogP contribution in [0, 0.1) is 11.6 Å². The second-order valence-corrected chi connectivity index (χ2v) is 5.32. The molecule has 2 aromatic rings. The van der Waals surface area contributed by atoms with E-state index in [0.29, 0.717) is 12.9 Å². The molecule has 6 heteroatoms. The summed E-state index contributed by atoms with van der Waals surface area (Å²) < 4.78 is 31.1. The Balaban J connectivity index is 2.00. The first-order valence-electron chi connectivity index (χ1n) is 7.61. The summed E-state index contributed by atoms with van der Waals surface area (Å²) in [5.74, 6) is -1.92. The van der Waals surface area contributed by atoms with Crippen LogP contribution in [0.1, 0.15) is 11.1 Å². The van der Waals surface area contributed by atoms with Crippen molar-refractivity contribution in [3.8, 4) is 0 Å². The van der Waals surface area contributed by atoms with Gasteiger partial charge in [0.1, 0.15) is 18.2 Å². The number of rotatable bonds is 8. The molecular weight excluding hydrogens is 328 g/mol. The number of hydrogen-bond acceptors (Lipinski definition) is 3. The van der Waals surface area contributed by atoms with E-state index in [1.54, 1.807) is 0 Å². The van der Waals surface area contributed by atoms with Gasteiger partial charge in [-0.2, -0.15) is 0 Å². The molecule has 0 spiro atoms. The quantitative estimate of drug-likeness (QED) is 0.591. The molecule has 0 aromatic heterocycles. The highest BCUT2D eigenvalue weighted by molar-refractivity contribution is 5.92. The molecule has 0 fully saturated rings. The van der Waals surface area contributed by atoms with Crippen molar-refractivity contribution in [1.82, 2.24) is 5.32 Å². The predicted octanol–water partition coefficient (Wildman–Crippen LogP) is 2.88. The van der Waals surface area contributed by atoms with E-state index in [9.17, 15) is 18.4 Å². The van der Waals surface area contributed by atoms with Gasteiger partial charge in [0.25, 0.3) is 6.47 Å². The molecule has 1 N–H and O–H groups in total. The maximum atomic E-state index is 13.5. The summed E-state index contributed by atoms with van der Waals surface area (Å²) in [6.07, 6.45) is 2.87. The van der Waals surface area contributed by atoms with Crippen molar-refractivity contribution >= 4 is 18.5 Å². The van der Waals surface area contributed by atoms with Gasteiger partial charge in [-0.1, -0.05) is 30.3 Å². The zero-order valence-corrected chi connectivity index (χ0v) is 13.3. The standard InChI is InChI=1S/C19H17F2NO3/c20-16-8-6-15(18(21)11-16)7-9-19(24)22-17(12-25-13-23)10-14-4-2-1-3-5-14/h1-9,11,13,17H,10,12H2,(H,22,24)/b9-7+/t17-/m0/s1. The highest BCUT2D eigenvalue weighted by Gasteiger charge is 2.12. The maximum absolute atomic E-state index is 13.5. The van der Waals surface area contributed by atoms with Crippen molar-refractivity contribution in [2.45, 2.75) is 12.5 Å². The Kier molecular flexibility index (Phi) is 6.83. The summed E-state index contributed by atoms with van der Waals surface area (Å²) in [5, 5.41) is 2.70. The van der Waals surface area contributed by atoms with Crippen LogP contribution in [-0.2, 0) is 20.7 Å². The molecule has 0 heterocycles. The van der Waals surface area contributed by atoms with Crippen molar-refractivity contribution in [3.63, 3.8) is 0 Å². The molecule has 130 valence electrons. The van der Waals surface area contributed by atoms with Gasteiger partial charge in [0.05, 0.1) is 6.04 Å². The van der Waals surface area contributed by atoms with Crippen molar-refractivity contribution in [2.24, 2.45) is 0 Å². The van der Waals surface area contributed by atoms with Crippen LogP contribution in [0.5, 0.6) is 0 Å². The van der Waals surface area contributed by atoms with Crippen molar-refractivity contribution in [3.05, 3.63) is 77.4 Å². The largest absolute Gasteiger partial charge is 0.466 e. The van der Waals surface area contributed by atoms with Crippen LogP contribution < -0.4 is 5.32 Å². The Bertz CT molecular complexity index is 748. The molecule has 1 atom stereocenters. The van der Waals surface area contributed by atoms with E-state index in [0.717, 1.165) is 23.8 Å². The monoisotopic (exact) mass is 345 g/mol. The zero-order valence-electron chi connectivity index (χ0n) is 13.3. The second-order valence-electron chi connectivity index (χ2n) is 5.32. The lowest BCUT2D eigenvalue weighted by atomic mass is 10.1. The highest BCUT2D eigenvalue weighted by atomic mass is 19.1. The lowest BCUT2D eigenvalue weighted by Crippen LogP contribution is -2.38. The van der Waals surface area contributed by atoms with Crippen LogP contribution in [0.25, 0.3) is 6.08 Å². The van der Waals surface area contributed by atoms with Gasteiger partial charge in [-0.25, -0.2) is 8.78 Å². The molecule has 25 heavy (non-hydrogen) atoms. The normalized spacial score (nSPS) is 11.9. The minimum atomic E-state index is -0.755. The first-order chi connectivity index (χ1) is 12.1. The molecule has 2 aromatic carbocycles. The van der Waals surface area contributed by atoms with E-state index >= 15 is 0 Å². The Morgan fingerprint density at radius 3 is 2.60 bits per heavy atom. The third kappa shape index (κ3) is 6.18. The zero-order chi connectivity index (χ0) is 18.1. The molecular formula is C19H17F2NO3. The van der Waals surface area contributed by atoms with Gasteiger partial charge < -0.3 is 10.1 Å². The summed E-state index contributed by atoms with van der Waals surface area (Å²) >= 11 is 0. The van der Waals surface area contributed by atoms with E-state index in [1.165, 1.54) is 12.1 Å². The first-order valence-corrected chi connectivity index (χ1v) is 7.61. The van der Waals surface area contributed by atoms with Gasteiger partial charge >= 0.3 is 0 Å². The highest BCUT2D eigenvalue weighted by Crippen LogP contribution is 2.11. The average molecular weight is 345 g/mol. The summed E-state index contributed by atoms with van der Waals surface area (Å²) in [4.78, 5) is 22.4. The SMILES string of the molecule is O=COC[C@H](Cc1ccccc1)NC(=O)/C=C/c1ccc(F)cc1F.